The molecule has 0 unspecified atom stereocenters. The van der Waals surface area contributed by atoms with Crippen LogP contribution in [0.4, 0.5) is 5.13 Å². The molecule has 0 saturated carbocycles. The largest absolute Gasteiger partial charge is 0.493 e. The van der Waals surface area contributed by atoms with Crippen LogP contribution in [0.15, 0.2) is 48.5 Å². The highest BCUT2D eigenvalue weighted by Crippen LogP contribution is 2.31. The van der Waals surface area contributed by atoms with Crippen LogP contribution in [0.25, 0.3) is 0 Å². The molecule has 7 heteroatoms. The second-order valence-electron chi connectivity index (χ2n) is 6.55. The highest BCUT2D eigenvalue weighted by Gasteiger charge is 2.16. The monoisotopic (exact) mass is 411 g/mol. The number of ether oxygens (including phenoxy) is 2. The Kier molecular flexibility index (Phi) is 7.19. The van der Waals surface area contributed by atoms with Crippen LogP contribution in [0.2, 0.25) is 0 Å². The van der Waals surface area contributed by atoms with Gasteiger partial charge in [0.15, 0.2) is 11.5 Å². The Bertz CT molecular complexity index is 939. The number of anilines is 1. The van der Waals surface area contributed by atoms with Crippen LogP contribution in [0, 0.1) is 0 Å². The maximum absolute atomic E-state index is 12.6. The van der Waals surface area contributed by atoms with Gasteiger partial charge in [0.1, 0.15) is 11.6 Å². The molecular weight excluding hydrogens is 386 g/mol. The van der Waals surface area contributed by atoms with E-state index >= 15 is 0 Å². The highest BCUT2D eigenvalue weighted by atomic mass is 32.1. The van der Waals surface area contributed by atoms with Gasteiger partial charge in [-0.3, -0.25) is 10.1 Å². The number of nitrogens with zero attached hydrogens (tertiary/aromatic N) is 2. The minimum atomic E-state index is -0.259. The molecule has 1 heterocycles. The number of carbonyl (C=O) groups is 1. The molecule has 0 fully saturated rings. The van der Waals surface area contributed by atoms with E-state index < -0.39 is 0 Å². The quantitative estimate of drug-likeness (QED) is 0.518. The number of nitrogens with one attached hydrogen (secondary N) is 1. The minimum Gasteiger partial charge on any atom is -0.493 e. The maximum atomic E-state index is 12.6. The van der Waals surface area contributed by atoms with E-state index in [1.165, 1.54) is 11.3 Å². The summed E-state index contributed by atoms with van der Waals surface area (Å²) < 4.78 is 11.3. The summed E-state index contributed by atoms with van der Waals surface area (Å²) in [6.45, 7) is 4.68. The van der Waals surface area contributed by atoms with Crippen molar-refractivity contribution < 1.29 is 14.3 Å². The van der Waals surface area contributed by atoms with E-state index in [1.807, 2.05) is 30.3 Å². The second-order valence-corrected chi connectivity index (χ2v) is 7.56. The maximum Gasteiger partial charge on any atom is 0.257 e. The fourth-order valence-corrected chi connectivity index (χ4v) is 3.93. The third-order valence-corrected chi connectivity index (χ3v) is 5.66. The van der Waals surface area contributed by atoms with E-state index in [0.717, 1.165) is 23.4 Å². The summed E-state index contributed by atoms with van der Waals surface area (Å²) in [6.07, 6.45) is 2.00. The normalized spacial score (nSPS) is 10.8. The molecule has 0 aliphatic heterocycles. The van der Waals surface area contributed by atoms with Gasteiger partial charge in [0, 0.05) is 11.5 Å². The van der Waals surface area contributed by atoms with E-state index in [4.69, 9.17) is 9.47 Å². The van der Waals surface area contributed by atoms with Gasteiger partial charge in [-0.25, -0.2) is 0 Å². The van der Waals surface area contributed by atoms with Gasteiger partial charge in [0.05, 0.1) is 7.11 Å². The summed E-state index contributed by atoms with van der Waals surface area (Å²) in [5.74, 6) is 1.20. The third kappa shape index (κ3) is 5.32. The van der Waals surface area contributed by atoms with E-state index in [1.54, 1.807) is 25.3 Å². The zero-order chi connectivity index (χ0) is 20.6. The third-order valence-electron chi connectivity index (χ3n) is 4.66. The standard InChI is InChI=1S/C22H25N3O3S/c1-4-16(5-2)21-24-25-22(29-21)23-20(26)17-11-12-18(19(13-17)27-3)28-14-15-9-7-6-8-10-15/h6-13,16H,4-5,14H2,1-3H3,(H,23,25,26). The van der Waals surface area contributed by atoms with Crippen molar-refractivity contribution in [2.24, 2.45) is 0 Å². The zero-order valence-electron chi connectivity index (χ0n) is 16.8. The molecule has 3 aromatic rings. The van der Waals surface area contributed by atoms with E-state index in [-0.39, 0.29) is 5.91 Å². The van der Waals surface area contributed by atoms with Crippen LogP contribution >= 0.6 is 11.3 Å². The minimum absolute atomic E-state index is 0.259. The van der Waals surface area contributed by atoms with Gasteiger partial charge >= 0.3 is 0 Å². The van der Waals surface area contributed by atoms with Crippen LogP contribution in [-0.2, 0) is 6.61 Å². The molecule has 1 N–H and O–H groups in total. The molecule has 0 bridgehead atoms. The molecule has 0 radical (unpaired) electrons. The van der Waals surface area contributed by atoms with Crippen LogP contribution in [0.1, 0.15) is 53.5 Å². The molecule has 6 nitrogen and oxygen atoms in total. The van der Waals surface area contributed by atoms with Crippen molar-refractivity contribution in [2.75, 3.05) is 12.4 Å². The van der Waals surface area contributed by atoms with Crippen molar-refractivity contribution in [3.05, 3.63) is 64.7 Å². The SMILES string of the molecule is CCC(CC)c1nnc(NC(=O)c2ccc(OCc3ccccc3)c(OC)c2)s1. The lowest BCUT2D eigenvalue weighted by Gasteiger charge is -2.12. The molecule has 0 saturated heterocycles. The fourth-order valence-electron chi connectivity index (χ4n) is 2.92. The Balaban J connectivity index is 1.68. The average molecular weight is 412 g/mol. The number of methoxy groups -OCH3 is 1. The summed E-state index contributed by atoms with van der Waals surface area (Å²) in [4.78, 5) is 12.6. The molecule has 0 spiro atoms. The summed E-state index contributed by atoms with van der Waals surface area (Å²) in [5.41, 5.74) is 1.52. The summed E-state index contributed by atoms with van der Waals surface area (Å²) in [6, 6.07) is 15.0. The number of hydrogen-bond donors (Lipinski definition) is 1. The van der Waals surface area contributed by atoms with Gasteiger partial charge in [0.25, 0.3) is 5.91 Å². The molecule has 1 aromatic heterocycles. The molecule has 0 aliphatic carbocycles. The molecule has 152 valence electrons. The number of amides is 1. The number of carbonyl (C=O) groups excluding carboxylic acids is 1. The Hall–Kier alpha value is -2.93. The first-order valence-electron chi connectivity index (χ1n) is 9.64. The number of hydrogen-bond acceptors (Lipinski definition) is 6. The number of aromatic nitrogens is 2. The van der Waals surface area contributed by atoms with E-state index in [0.29, 0.717) is 34.7 Å². The first-order chi connectivity index (χ1) is 14.1. The molecule has 0 atom stereocenters. The van der Waals surface area contributed by atoms with Gasteiger partial charge in [-0.15, -0.1) is 10.2 Å². The highest BCUT2D eigenvalue weighted by molar-refractivity contribution is 7.15. The van der Waals surface area contributed by atoms with Gasteiger partial charge in [-0.05, 0) is 36.6 Å². The first kappa shape index (κ1) is 20.8. The van der Waals surface area contributed by atoms with Crippen LogP contribution in [0.3, 0.4) is 0 Å². The smallest absolute Gasteiger partial charge is 0.257 e. The fraction of sp³-hybridized carbons (Fsp3) is 0.318. The molecule has 1 amide bonds. The average Bonchev–Trinajstić information content (AvgIpc) is 3.21. The Morgan fingerprint density at radius 3 is 2.52 bits per heavy atom. The van der Waals surface area contributed by atoms with Gasteiger partial charge < -0.3 is 9.47 Å². The lowest BCUT2D eigenvalue weighted by atomic mass is 10.1. The van der Waals surface area contributed by atoms with Crippen molar-refractivity contribution in [3.8, 4) is 11.5 Å². The Labute approximate surface area is 174 Å². The van der Waals surface area contributed by atoms with Crippen molar-refractivity contribution in [1.29, 1.82) is 0 Å². The Morgan fingerprint density at radius 2 is 1.83 bits per heavy atom. The molecule has 2 aromatic carbocycles. The van der Waals surface area contributed by atoms with Crippen molar-refractivity contribution in [3.63, 3.8) is 0 Å². The number of rotatable bonds is 9. The predicted molar refractivity (Wildman–Crippen MR) is 115 cm³/mol. The predicted octanol–water partition coefficient (Wildman–Crippen LogP) is 5.28. The molecule has 3 rings (SSSR count). The van der Waals surface area contributed by atoms with Crippen molar-refractivity contribution >= 4 is 22.4 Å². The first-order valence-corrected chi connectivity index (χ1v) is 10.5. The molecular formula is C22H25N3O3S. The van der Waals surface area contributed by atoms with Crippen LogP contribution in [-0.4, -0.2) is 23.2 Å². The molecule has 0 aliphatic rings. The zero-order valence-corrected chi connectivity index (χ0v) is 17.7. The second kappa shape index (κ2) is 10.0. The topological polar surface area (TPSA) is 73.3 Å². The van der Waals surface area contributed by atoms with Gasteiger partial charge in [0.2, 0.25) is 5.13 Å². The van der Waals surface area contributed by atoms with Gasteiger partial charge in [-0.2, -0.15) is 0 Å². The van der Waals surface area contributed by atoms with Gasteiger partial charge in [-0.1, -0.05) is 55.5 Å². The van der Waals surface area contributed by atoms with E-state index in [2.05, 4.69) is 29.4 Å². The lowest BCUT2D eigenvalue weighted by Crippen LogP contribution is -2.12. The van der Waals surface area contributed by atoms with Crippen LogP contribution < -0.4 is 14.8 Å². The van der Waals surface area contributed by atoms with E-state index in [9.17, 15) is 4.79 Å². The molecule has 29 heavy (non-hydrogen) atoms. The lowest BCUT2D eigenvalue weighted by molar-refractivity contribution is 0.102. The summed E-state index contributed by atoms with van der Waals surface area (Å²) >= 11 is 1.42. The van der Waals surface area contributed by atoms with Crippen molar-refractivity contribution in [1.82, 2.24) is 10.2 Å². The summed E-state index contributed by atoms with van der Waals surface area (Å²) in [7, 11) is 1.55. The van der Waals surface area contributed by atoms with Crippen molar-refractivity contribution in [2.45, 2.75) is 39.2 Å². The van der Waals surface area contributed by atoms with Crippen LogP contribution in [0.5, 0.6) is 11.5 Å². The number of benzene rings is 2. The Morgan fingerprint density at radius 1 is 1.07 bits per heavy atom. The summed E-state index contributed by atoms with van der Waals surface area (Å²) in [5, 5.41) is 12.6.